The summed E-state index contributed by atoms with van der Waals surface area (Å²) < 4.78 is 7.01. The van der Waals surface area contributed by atoms with Crippen LogP contribution < -0.4 is 0 Å². The van der Waals surface area contributed by atoms with Crippen molar-refractivity contribution in [3.8, 4) is 5.69 Å². The molecule has 0 saturated carbocycles. The minimum atomic E-state index is -0.319. The van der Waals surface area contributed by atoms with Gasteiger partial charge in [0.05, 0.1) is 29.1 Å². The largest absolute Gasteiger partial charge is 0.462 e. The van der Waals surface area contributed by atoms with Crippen molar-refractivity contribution in [2.75, 3.05) is 6.61 Å². The first-order valence-electron chi connectivity index (χ1n) is 7.17. The molecule has 0 unspecified atom stereocenters. The number of thiazole rings is 1. The maximum Gasteiger partial charge on any atom is 0.338 e. The van der Waals surface area contributed by atoms with E-state index in [4.69, 9.17) is 4.74 Å². The first-order valence-corrected chi connectivity index (χ1v) is 8.05. The molecule has 118 valence electrons. The molecule has 2 heterocycles. The molecule has 23 heavy (non-hydrogen) atoms. The van der Waals surface area contributed by atoms with E-state index in [9.17, 15) is 4.79 Å². The topological polar surface area (TPSA) is 69.9 Å². The molecule has 7 heteroatoms. The van der Waals surface area contributed by atoms with E-state index >= 15 is 0 Å². The van der Waals surface area contributed by atoms with Gasteiger partial charge in [-0.2, -0.15) is 5.10 Å². The third kappa shape index (κ3) is 3.45. The fraction of sp³-hybridized carbons (Fsp3) is 0.250. The van der Waals surface area contributed by atoms with Gasteiger partial charge in [0.25, 0.3) is 0 Å². The number of aryl methyl sites for hydroxylation is 2. The van der Waals surface area contributed by atoms with Crippen LogP contribution >= 0.6 is 11.3 Å². The zero-order chi connectivity index (χ0) is 16.2. The highest BCUT2D eigenvalue weighted by atomic mass is 32.1. The SMILES string of the molecule is Cc1cc(C(=O)OCCc2scnc2C)ccc1-n1cncn1. The Morgan fingerprint density at radius 3 is 2.87 bits per heavy atom. The van der Waals surface area contributed by atoms with Crippen molar-refractivity contribution in [3.05, 3.63) is 58.1 Å². The van der Waals surface area contributed by atoms with E-state index < -0.39 is 0 Å². The van der Waals surface area contributed by atoms with Gasteiger partial charge in [-0.05, 0) is 37.6 Å². The van der Waals surface area contributed by atoms with Gasteiger partial charge >= 0.3 is 5.97 Å². The van der Waals surface area contributed by atoms with Crippen molar-refractivity contribution in [2.45, 2.75) is 20.3 Å². The number of esters is 1. The average molecular weight is 328 g/mol. The van der Waals surface area contributed by atoms with E-state index in [2.05, 4.69) is 15.1 Å². The molecule has 0 bridgehead atoms. The Balaban J connectivity index is 1.64. The second-order valence-corrected chi connectivity index (χ2v) is 6.03. The van der Waals surface area contributed by atoms with E-state index in [1.807, 2.05) is 19.9 Å². The zero-order valence-electron chi connectivity index (χ0n) is 12.9. The molecule has 0 fully saturated rings. The van der Waals surface area contributed by atoms with Crippen LogP contribution in [0.25, 0.3) is 5.69 Å². The Kier molecular flexibility index (Phi) is 4.47. The van der Waals surface area contributed by atoms with E-state index in [1.165, 1.54) is 6.33 Å². The first-order chi connectivity index (χ1) is 11.1. The van der Waals surface area contributed by atoms with Gasteiger partial charge in [0.1, 0.15) is 12.7 Å². The number of aromatic nitrogens is 4. The van der Waals surface area contributed by atoms with Crippen molar-refractivity contribution in [1.29, 1.82) is 0 Å². The fourth-order valence-corrected chi connectivity index (χ4v) is 3.02. The smallest absolute Gasteiger partial charge is 0.338 e. The lowest BCUT2D eigenvalue weighted by Gasteiger charge is -2.08. The number of ether oxygens (including phenoxy) is 1. The quantitative estimate of drug-likeness (QED) is 0.674. The van der Waals surface area contributed by atoms with Crippen molar-refractivity contribution < 1.29 is 9.53 Å². The number of carbonyl (C=O) groups excluding carboxylic acids is 1. The van der Waals surface area contributed by atoms with Crippen LogP contribution in [0.4, 0.5) is 0 Å². The van der Waals surface area contributed by atoms with Gasteiger partial charge < -0.3 is 4.74 Å². The summed E-state index contributed by atoms with van der Waals surface area (Å²) in [5, 5.41) is 4.09. The third-order valence-electron chi connectivity index (χ3n) is 3.51. The summed E-state index contributed by atoms with van der Waals surface area (Å²) in [6.07, 6.45) is 3.79. The number of benzene rings is 1. The van der Waals surface area contributed by atoms with Gasteiger partial charge in [-0.3, -0.25) is 0 Å². The minimum absolute atomic E-state index is 0.319. The van der Waals surface area contributed by atoms with Gasteiger partial charge in [0.15, 0.2) is 0 Å². The highest BCUT2D eigenvalue weighted by Crippen LogP contribution is 2.16. The summed E-state index contributed by atoms with van der Waals surface area (Å²) in [4.78, 5) is 21.4. The second-order valence-electron chi connectivity index (χ2n) is 5.09. The lowest BCUT2D eigenvalue weighted by molar-refractivity contribution is 0.0509. The molecule has 3 aromatic rings. The number of hydrogen-bond acceptors (Lipinski definition) is 6. The number of rotatable bonds is 5. The van der Waals surface area contributed by atoms with Gasteiger partial charge in [0, 0.05) is 11.3 Å². The highest BCUT2D eigenvalue weighted by Gasteiger charge is 2.11. The zero-order valence-corrected chi connectivity index (χ0v) is 13.7. The van der Waals surface area contributed by atoms with Crippen molar-refractivity contribution in [2.24, 2.45) is 0 Å². The summed E-state index contributed by atoms with van der Waals surface area (Å²) >= 11 is 1.58. The molecule has 0 radical (unpaired) electrons. The van der Waals surface area contributed by atoms with E-state index in [0.29, 0.717) is 18.6 Å². The molecule has 3 rings (SSSR count). The molecular formula is C16H16N4O2S. The average Bonchev–Trinajstić information content (AvgIpc) is 3.19. The van der Waals surface area contributed by atoms with Crippen LogP contribution in [0.5, 0.6) is 0 Å². The van der Waals surface area contributed by atoms with Crippen LogP contribution in [0.15, 0.2) is 36.4 Å². The Labute approximate surface area is 137 Å². The lowest BCUT2D eigenvalue weighted by Crippen LogP contribution is -2.09. The molecule has 1 aromatic carbocycles. The van der Waals surface area contributed by atoms with Crippen molar-refractivity contribution in [3.63, 3.8) is 0 Å². The van der Waals surface area contributed by atoms with Crippen LogP contribution in [0.3, 0.4) is 0 Å². The molecule has 0 spiro atoms. The fourth-order valence-electron chi connectivity index (χ4n) is 2.26. The lowest BCUT2D eigenvalue weighted by atomic mass is 10.1. The number of carbonyl (C=O) groups is 1. The summed E-state index contributed by atoms with van der Waals surface area (Å²) in [5.74, 6) is -0.319. The standard InChI is InChI=1S/C16H16N4O2S/c1-11-7-13(3-4-14(11)20-9-17-8-19-20)16(21)22-6-5-15-12(2)18-10-23-15/h3-4,7-10H,5-6H2,1-2H3. The normalized spacial score (nSPS) is 10.7. The first kappa shape index (κ1) is 15.4. The molecule has 0 amide bonds. The maximum atomic E-state index is 12.1. The highest BCUT2D eigenvalue weighted by molar-refractivity contribution is 7.09. The van der Waals surface area contributed by atoms with Gasteiger partial charge in [0.2, 0.25) is 0 Å². The second kappa shape index (κ2) is 6.70. The number of hydrogen-bond donors (Lipinski definition) is 0. The molecule has 0 saturated heterocycles. The van der Waals surface area contributed by atoms with Crippen LogP contribution in [0, 0.1) is 13.8 Å². The molecule has 2 aromatic heterocycles. The van der Waals surface area contributed by atoms with E-state index in [1.54, 1.807) is 40.0 Å². The Bertz CT molecular complexity index is 811. The van der Waals surface area contributed by atoms with Crippen LogP contribution in [0.2, 0.25) is 0 Å². The summed E-state index contributed by atoms with van der Waals surface area (Å²) in [5.41, 5.74) is 5.16. The summed E-state index contributed by atoms with van der Waals surface area (Å²) in [7, 11) is 0. The Morgan fingerprint density at radius 2 is 2.22 bits per heavy atom. The van der Waals surface area contributed by atoms with E-state index in [-0.39, 0.29) is 5.97 Å². The Hall–Kier alpha value is -2.54. The third-order valence-corrected chi connectivity index (χ3v) is 4.50. The molecule has 0 N–H and O–H groups in total. The molecule has 0 aliphatic rings. The number of nitrogens with zero attached hydrogens (tertiary/aromatic N) is 4. The molecule has 6 nitrogen and oxygen atoms in total. The molecule has 0 aliphatic carbocycles. The molecule has 0 aliphatic heterocycles. The predicted octanol–water partition coefficient (Wildman–Crippen LogP) is 2.74. The van der Waals surface area contributed by atoms with Gasteiger partial charge in [-0.1, -0.05) is 0 Å². The van der Waals surface area contributed by atoms with Crippen molar-refractivity contribution in [1.82, 2.24) is 19.7 Å². The van der Waals surface area contributed by atoms with Crippen LogP contribution in [0.1, 0.15) is 26.5 Å². The van der Waals surface area contributed by atoms with Gasteiger partial charge in [-0.15, -0.1) is 11.3 Å². The van der Waals surface area contributed by atoms with Crippen LogP contribution in [-0.2, 0) is 11.2 Å². The monoisotopic (exact) mass is 328 g/mol. The van der Waals surface area contributed by atoms with E-state index in [0.717, 1.165) is 21.8 Å². The molecule has 0 atom stereocenters. The maximum absolute atomic E-state index is 12.1. The summed E-state index contributed by atoms with van der Waals surface area (Å²) in [6.45, 7) is 4.24. The Morgan fingerprint density at radius 1 is 1.35 bits per heavy atom. The predicted molar refractivity (Wildman–Crippen MR) is 86.9 cm³/mol. The van der Waals surface area contributed by atoms with Gasteiger partial charge in [-0.25, -0.2) is 19.4 Å². The van der Waals surface area contributed by atoms with Crippen molar-refractivity contribution >= 4 is 17.3 Å². The van der Waals surface area contributed by atoms with Crippen LogP contribution in [-0.4, -0.2) is 32.3 Å². The molecular weight excluding hydrogens is 312 g/mol. The summed E-state index contributed by atoms with van der Waals surface area (Å²) in [6, 6.07) is 5.38. The minimum Gasteiger partial charge on any atom is -0.462 e.